The van der Waals surface area contributed by atoms with Gasteiger partial charge in [0, 0.05) is 68.5 Å². The molecule has 5 aromatic rings. The predicted molar refractivity (Wildman–Crippen MR) is 180 cm³/mol. The summed E-state index contributed by atoms with van der Waals surface area (Å²) in [5, 5.41) is 6.95. The molecule has 1 aromatic heterocycles. The van der Waals surface area contributed by atoms with Gasteiger partial charge in [0.25, 0.3) is 0 Å². The van der Waals surface area contributed by atoms with Gasteiger partial charge in [-0.1, -0.05) is 47.1 Å². The Morgan fingerprint density at radius 2 is 1.59 bits per heavy atom. The van der Waals surface area contributed by atoms with E-state index in [2.05, 4.69) is 21.9 Å². The number of aryl methyl sites for hydroxylation is 1. The van der Waals surface area contributed by atoms with E-state index in [-0.39, 0.29) is 5.78 Å². The van der Waals surface area contributed by atoms with E-state index in [1.807, 2.05) is 86.6 Å². The van der Waals surface area contributed by atoms with Gasteiger partial charge in [0.2, 0.25) is 0 Å². The molecule has 0 fully saturated rings. The smallest absolute Gasteiger partial charge is 0.331 e. The molecule has 0 saturated carbocycles. The number of fused-ring (bicyclic) bond motifs is 3. The number of ether oxygens (including phenoxy) is 1. The second kappa shape index (κ2) is 14.7. The second-order valence-corrected chi connectivity index (χ2v) is 12.1. The minimum Gasteiger partial charge on any atom is -0.380 e. The maximum absolute atomic E-state index is 13.6. The molecule has 6 nitrogen and oxygen atoms in total. The standard InChI is InChI=1S/C36H35ClN2O4S/c1-4-42-20-19-39-34-17-11-26(33(38-43-25(3)40)10-7-21-44-29-15-13-28(37)14-16-29)22-31(34)32-23-27(12-18-35(32)39)36(41)30-9-6-5-8-24(30)2/h5-6,8-9,11-18,22-23H,4,7,10,19-21H2,1-3H3. The highest BCUT2D eigenvalue weighted by molar-refractivity contribution is 7.99. The molecule has 0 radical (unpaired) electrons. The third-order valence-corrected chi connectivity index (χ3v) is 8.79. The minimum absolute atomic E-state index is 0.00771. The zero-order valence-corrected chi connectivity index (χ0v) is 26.7. The van der Waals surface area contributed by atoms with Crippen LogP contribution in [-0.2, 0) is 20.9 Å². The summed E-state index contributed by atoms with van der Waals surface area (Å²) in [5.74, 6) is 0.391. The molecule has 44 heavy (non-hydrogen) atoms. The quantitative estimate of drug-likeness (QED) is 0.0326. The average Bonchev–Trinajstić information content (AvgIpc) is 3.33. The Balaban J connectivity index is 1.51. The fraction of sp³-hybridized carbons (Fsp3) is 0.250. The van der Waals surface area contributed by atoms with Gasteiger partial charge in [0.1, 0.15) is 0 Å². The van der Waals surface area contributed by atoms with E-state index in [4.69, 9.17) is 21.2 Å². The number of carbonyl (C=O) groups is 2. The van der Waals surface area contributed by atoms with Gasteiger partial charge in [-0.3, -0.25) is 4.79 Å². The predicted octanol–water partition coefficient (Wildman–Crippen LogP) is 8.86. The molecule has 0 saturated heterocycles. The van der Waals surface area contributed by atoms with Crippen molar-refractivity contribution in [2.75, 3.05) is 19.0 Å². The SMILES string of the molecule is CCOCCn1c2ccc(C(=O)c3ccccc3C)cc2c2cc(C(CCCSc3ccc(Cl)cc3)=NOC(C)=O)ccc21. The molecule has 5 rings (SSSR count). The van der Waals surface area contributed by atoms with Crippen LogP contribution < -0.4 is 0 Å². The van der Waals surface area contributed by atoms with Crippen LogP contribution in [0.2, 0.25) is 5.02 Å². The van der Waals surface area contributed by atoms with Crippen LogP contribution in [0.25, 0.3) is 21.8 Å². The average molecular weight is 627 g/mol. The maximum Gasteiger partial charge on any atom is 0.331 e. The molecule has 0 bridgehead atoms. The largest absolute Gasteiger partial charge is 0.380 e. The molecule has 0 aliphatic rings. The summed E-state index contributed by atoms with van der Waals surface area (Å²) in [6, 6.07) is 27.5. The number of nitrogens with zero attached hydrogens (tertiary/aromatic N) is 2. The summed E-state index contributed by atoms with van der Waals surface area (Å²) in [7, 11) is 0. The first-order valence-corrected chi connectivity index (χ1v) is 16.1. The number of hydrogen-bond donors (Lipinski definition) is 0. The van der Waals surface area contributed by atoms with Crippen molar-refractivity contribution in [2.45, 2.75) is 45.1 Å². The van der Waals surface area contributed by atoms with Crippen molar-refractivity contribution in [1.82, 2.24) is 4.57 Å². The lowest BCUT2D eigenvalue weighted by Gasteiger charge is -2.09. The van der Waals surface area contributed by atoms with Crippen molar-refractivity contribution in [3.05, 3.63) is 112 Å². The molecule has 0 amide bonds. The molecule has 0 spiro atoms. The first-order chi connectivity index (χ1) is 21.4. The van der Waals surface area contributed by atoms with Crippen molar-refractivity contribution in [3.63, 3.8) is 0 Å². The molecular weight excluding hydrogens is 592 g/mol. The fourth-order valence-corrected chi connectivity index (χ4v) is 6.25. The molecule has 226 valence electrons. The van der Waals surface area contributed by atoms with Crippen LogP contribution in [0.1, 0.15) is 53.7 Å². The van der Waals surface area contributed by atoms with E-state index in [1.165, 1.54) is 6.92 Å². The highest BCUT2D eigenvalue weighted by Gasteiger charge is 2.18. The van der Waals surface area contributed by atoms with Crippen LogP contribution in [0, 0.1) is 6.92 Å². The highest BCUT2D eigenvalue weighted by Crippen LogP contribution is 2.32. The van der Waals surface area contributed by atoms with Crippen molar-refractivity contribution >= 4 is 62.6 Å². The number of rotatable bonds is 13. The Kier molecular flexibility index (Phi) is 10.5. The number of benzene rings is 4. The number of hydrogen-bond acceptors (Lipinski definition) is 6. The number of aromatic nitrogens is 1. The number of ketones is 1. The van der Waals surface area contributed by atoms with Gasteiger partial charge in [-0.25, -0.2) is 4.79 Å². The Bertz CT molecular complexity index is 1830. The van der Waals surface area contributed by atoms with Gasteiger partial charge in [0.05, 0.1) is 12.3 Å². The van der Waals surface area contributed by atoms with E-state index >= 15 is 0 Å². The van der Waals surface area contributed by atoms with E-state index in [0.717, 1.165) is 50.0 Å². The lowest BCUT2D eigenvalue weighted by molar-refractivity contribution is -0.140. The van der Waals surface area contributed by atoms with Crippen LogP contribution in [-0.4, -0.2) is 41.0 Å². The lowest BCUT2D eigenvalue weighted by Crippen LogP contribution is -2.07. The lowest BCUT2D eigenvalue weighted by atomic mass is 9.97. The zero-order chi connectivity index (χ0) is 31.1. The number of halogens is 1. The van der Waals surface area contributed by atoms with Crippen molar-refractivity contribution in [2.24, 2.45) is 5.16 Å². The van der Waals surface area contributed by atoms with Crippen LogP contribution in [0.4, 0.5) is 0 Å². The highest BCUT2D eigenvalue weighted by atomic mass is 35.5. The number of oxime groups is 1. The van der Waals surface area contributed by atoms with Gasteiger partial charge in [0.15, 0.2) is 5.78 Å². The molecule has 0 aliphatic heterocycles. The summed E-state index contributed by atoms with van der Waals surface area (Å²) < 4.78 is 7.93. The fourth-order valence-electron chi connectivity index (χ4n) is 5.27. The van der Waals surface area contributed by atoms with Crippen molar-refractivity contribution < 1.29 is 19.2 Å². The van der Waals surface area contributed by atoms with Gasteiger partial charge in [-0.05, 0) is 92.6 Å². The molecule has 4 aromatic carbocycles. The normalized spacial score (nSPS) is 11.8. The molecule has 8 heteroatoms. The van der Waals surface area contributed by atoms with Crippen LogP contribution in [0.15, 0.2) is 95.0 Å². The Labute approximate surface area is 267 Å². The third kappa shape index (κ3) is 7.41. The van der Waals surface area contributed by atoms with Gasteiger partial charge in [-0.15, -0.1) is 11.8 Å². The summed E-state index contributed by atoms with van der Waals surface area (Å²) >= 11 is 7.76. The topological polar surface area (TPSA) is 69.9 Å². The summed E-state index contributed by atoms with van der Waals surface area (Å²) in [6.45, 7) is 7.18. The van der Waals surface area contributed by atoms with Crippen LogP contribution in [0.5, 0.6) is 0 Å². The first kappa shape index (κ1) is 31.5. The van der Waals surface area contributed by atoms with Gasteiger partial charge in [-0.2, -0.15) is 0 Å². The summed E-state index contributed by atoms with van der Waals surface area (Å²) in [6.07, 6.45) is 1.45. The van der Waals surface area contributed by atoms with Gasteiger partial charge >= 0.3 is 5.97 Å². The first-order valence-electron chi connectivity index (χ1n) is 14.7. The molecule has 0 aliphatic carbocycles. The molecular formula is C36H35ClN2O4S. The monoisotopic (exact) mass is 626 g/mol. The van der Waals surface area contributed by atoms with E-state index < -0.39 is 5.97 Å². The van der Waals surface area contributed by atoms with E-state index in [9.17, 15) is 9.59 Å². The second-order valence-electron chi connectivity index (χ2n) is 10.5. The molecule has 0 atom stereocenters. The number of thioether (sulfide) groups is 1. The summed E-state index contributed by atoms with van der Waals surface area (Å²) in [5.41, 5.74) is 5.90. The van der Waals surface area contributed by atoms with Crippen molar-refractivity contribution in [1.29, 1.82) is 0 Å². The van der Waals surface area contributed by atoms with E-state index in [0.29, 0.717) is 48.0 Å². The third-order valence-electron chi connectivity index (χ3n) is 7.44. The molecule has 0 N–H and O–H groups in total. The number of carbonyl (C=O) groups excluding carboxylic acids is 2. The Morgan fingerprint density at radius 3 is 2.27 bits per heavy atom. The van der Waals surface area contributed by atoms with E-state index in [1.54, 1.807) is 11.8 Å². The van der Waals surface area contributed by atoms with Crippen molar-refractivity contribution in [3.8, 4) is 0 Å². The maximum atomic E-state index is 13.6. The Hall–Kier alpha value is -3.91. The zero-order valence-electron chi connectivity index (χ0n) is 25.1. The molecule has 1 heterocycles. The van der Waals surface area contributed by atoms with Crippen LogP contribution >= 0.6 is 23.4 Å². The molecule has 0 unspecified atom stereocenters. The van der Waals surface area contributed by atoms with Gasteiger partial charge < -0.3 is 14.1 Å². The summed E-state index contributed by atoms with van der Waals surface area (Å²) in [4.78, 5) is 31.5. The Morgan fingerprint density at radius 1 is 0.909 bits per heavy atom. The minimum atomic E-state index is -0.467. The van der Waals surface area contributed by atoms with Crippen LogP contribution in [0.3, 0.4) is 0 Å².